The van der Waals surface area contributed by atoms with Crippen molar-refractivity contribution in [1.29, 1.82) is 0 Å². The van der Waals surface area contributed by atoms with E-state index < -0.39 is 0 Å². The molecule has 100 valence electrons. The minimum atomic E-state index is -0.167. The number of carbonyl (C=O) groups is 1. The maximum atomic E-state index is 12.4. The van der Waals surface area contributed by atoms with Gasteiger partial charge in [0.25, 0.3) is 0 Å². The number of carbonyl (C=O) groups excluding carboxylic acids is 1. The van der Waals surface area contributed by atoms with Gasteiger partial charge in [-0.1, -0.05) is 43.5 Å². The van der Waals surface area contributed by atoms with E-state index in [2.05, 4.69) is 31.9 Å². The summed E-state index contributed by atoms with van der Waals surface area (Å²) in [6, 6.07) is 12.4. The van der Waals surface area contributed by atoms with Crippen molar-refractivity contribution >= 4 is 60.2 Å². The molecule has 3 rings (SSSR count). The Morgan fingerprint density at radius 2 is 1.70 bits per heavy atom. The van der Waals surface area contributed by atoms with E-state index >= 15 is 0 Å². The van der Waals surface area contributed by atoms with Gasteiger partial charge in [-0.25, -0.2) is 0 Å². The Balaban J connectivity index is 2.07. The standard InChI is InChI=1S/C15H7Br2ClO2/c16-10-3-9(4-11(17)7-10)15(19)14-6-8-5-12(18)1-2-13(8)20-14/h1-7H. The molecule has 2 aromatic carbocycles. The van der Waals surface area contributed by atoms with Gasteiger partial charge in [-0.2, -0.15) is 0 Å². The maximum Gasteiger partial charge on any atom is 0.228 e. The monoisotopic (exact) mass is 412 g/mol. The van der Waals surface area contributed by atoms with Gasteiger partial charge >= 0.3 is 0 Å². The van der Waals surface area contributed by atoms with Crippen LogP contribution in [0.3, 0.4) is 0 Å². The molecule has 1 heterocycles. The van der Waals surface area contributed by atoms with Gasteiger partial charge in [-0.3, -0.25) is 4.79 Å². The Labute approximate surface area is 137 Å². The maximum absolute atomic E-state index is 12.4. The number of furan rings is 1. The van der Waals surface area contributed by atoms with Gasteiger partial charge in [-0.15, -0.1) is 0 Å². The summed E-state index contributed by atoms with van der Waals surface area (Å²) in [5.41, 5.74) is 1.20. The van der Waals surface area contributed by atoms with Crippen LogP contribution in [0.2, 0.25) is 5.02 Å². The fourth-order valence-corrected chi connectivity index (χ4v) is 3.43. The summed E-state index contributed by atoms with van der Waals surface area (Å²) in [5.74, 6) is 0.131. The SMILES string of the molecule is O=C(c1cc(Br)cc(Br)c1)c1cc2cc(Cl)ccc2o1. The lowest BCUT2D eigenvalue weighted by Gasteiger charge is -2.00. The molecular formula is C15H7Br2ClO2. The van der Waals surface area contributed by atoms with Crippen molar-refractivity contribution in [3.63, 3.8) is 0 Å². The predicted octanol–water partition coefficient (Wildman–Crippen LogP) is 5.84. The van der Waals surface area contributed by atoms with E-state index in [-0.39, 0.29) is 5.78 Å². The normalized spacial score (nSPS) is 10.9. The average molecular weight is 414 g/mol. The lowest BCUT2D eigenvalue weighted by Crippen LogP contribution is -1.99. The molecule has 2 nitrogen and oxygen atoms in total. The van der Waals surface area contributed by atoms with E-state index in [4.69, 9.17) is 16.0 Å². The van der Waals surface area contributed by atoms with Crippen LogP contribution in [0.1, 0.15) is 16.1 Å². The number of fused-ring (bicyclic) bond motifs is 1. The van der Waals surface area contributed by atoms with Gasteiger partial charge in [0.05, 0.1) is 0 Å². The molecule has 0 aliphatic heterocycles. The second-order valence-electron chi connectivity index (χ2n) is 4.28. The number of ketones is 1. The highest BCUT2D eigenvalue weighted by Crippen LogP contribution is 2.26. The van der Waals surface area contributed by atoms with Crippen LogP contribution in [-0.4, -0.2) is 5.78 Å². The third-order valence-electron chi connectivity index (χ3n) is 2.83. The van der Waals surface area contributed by atoms with Crippen LogP contribution < -0.4 is 0 Å². The van der Waals surface area contributed by atoms with Crippen molar-refractivity contribution < 1.29 is 9.21 Å². The van der Waals surface area contributed by atoms with Crippen LogP contribution >= 0.6 is 43.5 Å². The number of rotatable bonds is 2. The minimum absolute atomic E-state index is 0.167. The molecule has 5 heteroatoms. The molecule has 0 unspecified atom stereocenters. The van der Waals surface area contributed by atoms with E-state index in [1.165, 1.54) is 0 Å². The highest BCUT2D eigenvalue weighted by Gasteiger charge is 2.15. The summed E-state index contributed by atoms with van der Waals surface area (Å²) in [7, 11) is 0. The van der Waals surface area contributed by atoms with Crippen molar-refractivity contribution in [3.05, 3.63) is 67.8 Å². The molecule has 0 fully saturated rings. The summed E-state index contributed by atoms with van der Waals surface area (Å²) < 4.78 is 7.24. The van der Waals surface area contributed by atoms with Crippen LogP contribution in [0.4, 0.5) is 0 Å². The lowest BCUT2D eigenvalue weighted by molar-refractivity contribution is 0.101. The van der Waals surface area contributed by atoms with E-state index in [1.54, 1.807) is 36.4 Å². The highest BCUT2D eigenvalue weighted by molar-refractivity contribution is 9.11. The third kappa shape index (κ3) is 2.68. The van der Waals surface area contributed by atoms with Crippen LogP contribution in [0.5, 0.6) is 0 Å². The van der Waals surface area contributed by atoms with Gasteiger partial charge in [0.15, 0.2) is 5.76 Å². The molecule has 0 spiro atoms. The zero-order chi connectivity index (χ0) is 14.3. The van der Waals surface area contributed by atoms with Crippen molar-refractivity contribution in [2.75, 3.05) is 0 Å². The van der Waals surface area contributed by atoms with E-state index in [0.29, 0.717) is 21.9 Å². The average Bonchev–Trinajstić information content (AvgIpc) is 2.79. The molecule has 0 aliphatic carbocycles. The first-order chi connectivity index (χ1) is 9.52. The molecule has 0 bridgehead atoms. The number of hydrogen-bond donors (Lipinski definition) is 0. The molecule has 1 aromatic heterocycles. The van der Waals surface area contributed by atoms with Gasteiger partial charge in [-0.05, 0) is 42.5 Å². The van der Waals surface area contributed by atoms with Crippen molar-refractivity contribution in [3.8, 4) is 0 Å². The fraction of sp³-hybridized carbons (Fsp3) is 0. The number of hydrogen-bond acceptors (Lipinski definition) is 2. The Kier molecular flexibility index (Phi) is 3.71. The Morgan fingerprint density at radius 1 is 1.00 bits per heavy atom. The summed E-state index contributed by atoms with van der Waals surface area (Å²) in [5, 5.41) is 1.43. The smallest absolute Gasteiger partial charge is 0.228 e. The third-order valence-corrected chi connectivity index (χ3v) is 3.98. The lowest BCUT2D eigenvalue weighted by atomic mass is 10.1. The van der Waals surface area contributed by atoms with Crippen molar-refractivity contribution in [2.45, 2.75) is 0 Å². The first kappa shape index (κ1) is 13.9. The molecule has 3 aromatic rings. The quantitative estimate of drug-likeness (QED) is 0.493. The number of halogens is 3. The highest BCUT2D eigenvalue weighted by atomic mass is 79.9. The first-order valence-corrected chi connectivity index (χ1v) is 7.69. The largest absolute Gasteiger partial charge is 0.453 e. The minimum Gasteiger partial charge on any atom is -0.453 e. The zero-order valence-electron chi connectivity index (χ0n) is 9.99. The van der Waals surface area contributed by atoms with Crippen LogP contribution in [0.25, 0.3) is 11.0 Å². The van der Waals surface area contributed by atoms with Crippen LogP contribution in [0.15, 0.2) is 55.8 Å². The molecular weight excluding hydrogens is 407 g/mol. The van der Waals surface area contributed by atoms with Gasteiger partial charge in [0.2, 0.25) is 5.78 Å². The van der Waals surface area contributed by atoms with Crippen molar-refractivity contribution in [1.82, 2.24) is 0 Å². The molecule has 0 amide bonds. The predicted molar refractivity (Wildman–Crippen MR) is 86.5 cm³/mol. The summed E-state index contributed by atoms with van der Waals surface area (Å²) in [6.07, 6.45) is 0. The Morgan fingerprint density at radius 3 is 2.40 bits per heavy atom. The van der Waals surface area contributed by atoms with Gasteiger partial charge < -0.3 is 4.42 Å². The van der Waals surface area contributed by atoms with E-state index in [0.717, 1.165) is 14.3 Å². The fourth-order valence-electron chi connectivity index (χ4n) is 1.95. The Bertz CT molecular complexity index is 804. The van der Waals surface area contributed by atoms with Gasteiger partial charge in [0, 0.05) is 24.9 Å². The molecule has 0 aliphatic rings. The van der Waals surface area contributed by atoms with Crippen LogP contribution in [-0.2, 0) is 0 Å². The second-order valence-corrected chi connectivity index (χ2v) is 6.55. The summed E-state index contributed by atoms with van der Waals surface area (Å²) in [4.78, 5) is 12.4. The second kappa shape index (κ2) is 5.35. The molecule has 0 radical (unpaired) electrons. The summed E-state index contributed by atoms with van der Waals surface area (Å²) >= 11 is 12.7. The zero-order valence-corrected chi connectivity index (χ0v) is 13.9. The first-order valence-electron chi connectivity index (χ1n) is 5.73. The van der Waals surface area contributed by atoms with E-state index in [9.17, 15) is 4.79 Å². The molecule has 0 saturated heterocycles. The van der Waals surface area contributed by atoms with Crippen LogP contribution in [0, 0.1) is 0 Å². The molecule has 0 atom stereocenters. The Hall–Kier alpha value is -1.10. The van der Waals surface area contributed by atoms with E-state index in [1.807, 2.05) is 6.07 Å². The summed E-state index contributed by atoms with van der Waals surface area (Å²) in [6.45, 7) is 0. The number of benzene rings is 2. The molecule has 20 heavy (non-hydrogen) atoms. The van der Waals surface area contributed by atoms with Gasteiger partial charge in [0.1, 0.15) is 5.58 Å². The molecule has 0 N–H and O–H groups in total. The molecule has 0 saturated carbocycles. The topological polar surface area (TPSA) is 30.2 Å². The van der Waals surface area contributed by atoms with Crippen molar-refractivity contribution in [2.24, 2.45) is 0 Å².